The third-order valence-electron chi connectivity index (χ3n) is 1.40. The van der Waals surface area contributed by atoms with E-state index in [0.29, 0.717) is 4.88 Å². The van der Waals surface area contributed by atoms with Crippen LogP contribution < -0.4 is 0 Å². The molecule has 1 N–H and O–H groups in total. The van der Waals surface area contributed by atoms with Gasteiger partial charge in [0.15, 0.2) is 0 Å². The molecule has 0 bridgehead atoms. The first kappa shape index (κ1) is 8.06. The molecule has 5 nitrogen and oxygen atoms in total. The van der Waals surface area contributed by atoms with Crippen LogP contribution in [-0.4, -0.2) is 16.1 Å². The lowest BCUT2D eigenvalue weighted by atomic mass is 10.5. The number of hydrogen-bond donors (Lipinski definition) is 1. The van der Waals surface area contributed by atoms with Gasteiger partial charge in [-0.15, -0.1) is 11.3 Å². The number of hydrogen-bond acceptors (Lipinski definition) is 5. The lowest BCUT2D eigenvalue weighted by Crippen LogP contribution is -1.94. The number of carbonyl (C=O) groups is 1. The van der Waals surface area contributed by atoms with Crippen LogP contribution in [0.4, 0.5) is 0 Å². The van der Waals surface area contributed by atoms with Crippen molar-refractivity contribution in [1.82, 2.24) is 4.98 Å². The van der Waals surface area contributed by atoms with E-state index in [-0.39, 0.29) is 5.01 Å². The zero-order valence-corrected chi connectivity index (χ0v) is 7.15. The second kappa shape index (κ2) is 3.06. The van der Waals surface area contributed by atoms with Crippen LogP contribution in [0.25, 0.3) is 0 Å². The number of carboxylic acid groups (broad SMARTS) is 1. The van der Waals surface area contributed by atoms with Crippen molar-refractivity contribution < 1.29 is 19.4 Å². The SMILES string of the molecule is O=C(O)c1ncc(C2OC=CO2)s1. The van der Waals surface area contributed by atoms with Crippen molar-refractivity contribution in [2.24, 2.45) is 0 Å². The maximum absolute atomic E-state index is 10.5. The van der Waals surface area contributed by atoms with Gasteiger partial charge in [0.1, 0.15) is 17.4 Å². The van der Waals surface area contributed by atoms with E-state index in [1.807, 2.05) is 0 Å². The second-order valence-electron chi connectivity index (χ2n) is 2.25. The molecule has 1 aromatic rings. The quantitative estimate of drug-likeness (QED) is 0.778. The summed E-state index contributed by atoms with van der Waals surface area (Å²) in [5.41, 5.74) is 0. The van der Waals surface area contributed by atoms with Crippen LogP contribution in [0.15, 0.2) is 18.7 Å². The lowest BCUT2D eigenvalue weighted by Gasteiger charge is -2.05. The highest BCUT2D eigenvalue weighted by molar-refractivity contribution is 7.13. The summed E-state index contributed by atoms with van der Waals surface area (Å²) >= 11 is 1.04. The molecule has 0 aromatic carbocycles. The van der Waals surface area contributed by atoms with E-state index < -0.39 is 12.3 Å². The van der Waals surface area contributed by atoms with E-state index in [0.717, 1.165) is 11.3 Å². The minimum absolute atomic E-state index is 0.0362. The molecule has 2 rings (SSSR count). The minimum atomic E-state index is -1.04. The number of aromatic carboxylic acids is 1. The van der Waals surface area contributed by atoms with E-state index in [4.69, 9.17) is 14.6 Å². The molecule has 0 fully saturated rings. The van der Waals surface area contributed by atoms with Crippen molar-refractivity contribution >= 4 is 17.3 Å². The number of carboxylic acids is 1. The third-order valence-corrected chi connectivity index (χ3v) is 2.41. The fraction of sp³-hybridized carbons (Fsp3) is 0.143. The van der Waals surface area contributed by atoms with Crippen molar-refractivity contribution in [2.75, 3.05) is 0 Å². The normalized spacial score (nSPS) is 15.4. The molecular formula is C7H5NO4S. The monoisotopic (exact) mass is 199 g/mol. The predicted octanol–water partition coefficient (Wildman–Crippen LogP) is 1.36. The van der Waals surface area contributed by atoms with Crippen LogP contribution in [-0.2, 0) is 9.47 Å². The van der Waals surface area contributed by atoms with Crippen LogP contribution in [0.5, 0.6) is 0 Å². The van der Waals surface area contributed by atoms with Gasteiger partial charge in [-0.3, -0.25) is 0 Å². The maximum Gasteiger partial charge on any atom is 0.365 e. The van der Waals surface area contributed by atoms with E-state index in [1.54, 1.807) is 0 Å². The Hall–Kier alpha value is -1.56. The van der Waals surface area contributed by atoms with Gasteiger partial charge in [-0.05, 0) is 0 Å². The molecule has 0 saturated carbocycles. The lowest BCUT2D eigenvalue weighted by molar-refractivity contribution is -0.0218. The Bertz CT molecular complexity index is 351. The highest BCUT2D eigenvalue weighted by Gasteiger charge is 2.20. The average molecular weight is 199 g/mol. The first-order valence-electron chi connectivity index (χ1n) is 3.42. The van der Waals surface area contributed by atoms with Gasteiger partial charge in [-0.1, -0.05) is 0 Å². The summed E-state index contributed by atoms with van der Waals surface area (Å²) in [5, 5.41) is 8.63. The molecule has 0 saturated heterocycles. The zero-order valence-electron chi connectivity index (χ0n) is 6.34. The van der Waals surface area contributed by atoms with Gasteiger partial charge >= 0.3 is 5.97 Å². The summed E-state index contributed by atoms with van der Waals surface area (Å²) in [6.07, 6.45) is 3.71. The van der Waals surface area contributed by atoms with Crippen molar-refractivity contribution in [3.63, 3.8) is 0 Å². The number of thiazole rings is 1. The maximum atomic E-state index is 10.5. The van der Waals surface area contributed by atoms with E-state index in [2.05, 4.69) is 4.98 Å². The smallest absolute Gasteiger partial charge is 0.365 e. The Kier molecular flexibility index (Phi) is 1.90. The van der Waals surface area contributed by atoms with Gasteiger partial charge in [0.2, 0.25) is 5.01 Å². The molecule has 1 aliphatic rings. The van der Waals surface area contributed by atoms with Crippen molar-refractivity contribution in [1.29, 1.82) is 0 Å². The van der Waals surface area contributed by atoms with Crippen LogP contribution in [0, 0.1) is 0 Å². The van der Waals surface area contributed by atoms with Crippen molar-refractivity contribution in [3.8, 4) is 0 Å². The third kappa shape index (κ3) is 1.48. The summed E-state index contributed by atoms with van der Waals surface area (Å²) in [4.78, 5) is 14.8. The van der Waals surface area contributed by atoms with Crippen molar-refractivity contribution in [3.05, 3.63) is 28.6 Å². The van der Waals surface area contributed by atoms with Gasteiger partial charge in [0.05, 0.1) is 0 Å². The molecule has 0 unspecified atom stereocenters. The molecule has 0 spiro atoms. The van der Waals surface area contributed by atoms with Crippen LogP contribution in [0.3, 0.4) is 0 Å². The molecule has 0 atom stereocenters. The standard InChI is InChI=1S/C7H5NO4S/c9-6(10)5-8-3-4(13-5)7-11-1-2-12-7/h1-3,7H,(H,9,10). The zero-order chi connectivity index (χ0) is 9.26. The molecule has 0 radical (unpaired) electrons. The summed E-state index contributed by atoms with van der Waals surface area (Å²) in [7, 11) is 0. The summed E-state index contributed by atoms with van der Waals surface area (Å²) in [6.45, 7) is 0. The van der Waals surface area contributed by atoms with Crippen molar-refractivity contribution in [2.45, 2.75) is 6.29 Å². The molecular weight excluding hydrogens is 194 g/mol. The summed E-state index contributed by atoms with van der Waals surface area (Å²) < 4.78 is 10.0. The van der Waals surface area contributed by atoms with Gasteiger partial charge in [-0.2, -0.15) is 0 Å². The Morgan fingerprint density at radius 1 is 1.54 bits per heavy atom. The number of ether oxygens (including phenoxy) is 2. The highest BCUT2D eigenvalue weighted by atomic mass is 32.1. The van der Waals surface area contributed by atoms with E-state index in [1.165, 1.54) is 18.7 Å². The van der Waals surface area contributed by atoms with Crippen LogP contribution in [0.1, 0.15) is 21.0 Å². The molecule has 0 amide bonds. The largest absolute Gasteiger partial charge is 0.476 e. The Morgan fingerprint density at radius 2 is 2.23 bits per heavy atom. The summed E-state index contributed by atoms with van der Waals surface area (Å²) in [5.74, 6) is -1.04. The van der Waals surface area contributed by atoms with E-state index >= 15 is 0 Å². The minimum Gasteiger partial charge on any atom is -0.476 e. The van der Waals surface area contributed by atoms with Gasteiger partial charge in [0.25, 0.3) is 6.29 Å². The molecule has 0 aliphatic carbocycles. The van der Waals surface area contributed by atoms with E-state index in [9.17, 15) is 4.79 Å². The Balaban J connectivity index is 2.17. The molecule has 68 valence electrons. The van der Waals surface area contributed by atoms with Crippen LogP contribution >= 0.6 is 11.3 Å². The average Bonchev–Trinajstić information content (AvgIpc) is 2.75. The van der Waals surface area contributed by atoms with Gasteiger partial charge in [0, 0.05) is 6.20 Å². The Morgan fingerprint density at radius 3 is 2.77 bits per heavy atom. The fourth-order valence-electron chi connectivity index (χ4n) is 0.867. The second-order valence-corrected chi connectivity index (χ2v) is 3.31. The molecule has 1 aliphatic heterocycles. The first-order valence-corrected chi connectivity index (χ1v) is 4.24. The van der Waals surface area contributed by atoms with Gasteiger partial charge < -0.3 is 14.6 Å². The predicted molar refractivity (Wildman–Crippen MR) is 43.1 cm³/mol. The Labute approximate surface area is 77.2 Å². The number of aromatic nitrogens is 1. The summed E-state index contributed by atoms with van der Waals surface area (Å²) in [6, 6.07) is 0. The molecule has 6 heteroatoms. The number of rotatable bonds is 2. The van der Waals surface area contributed by atoms with Gasteiger partial charge in [-0.25, -0.2) is 9.78 Å². The first-order chi connectivity index (χ1) is 6.27. The topological polar surface area (TPSA) is 68.7 Å². The number of nitrogens with zero attached hydrogens (tertiary/aromatic N) is 1. The van der Waals surface area contributed by atoms with Crippen LogP contribution in [0.2, 0.25) is 0 Å². The molecule has 2 heterocycles. The highest BCUT2D eigenvalue weighted by Crippen LogP contribution is 2.28. The fourth-order valence-corrected chi connectivity index (χ4v) is 1.60. The molecule has 13 heavy (non-hydrogen) atoms. The molecule has 1 aromatic heterocycles.